The average molecular weight is 334 g/mol. The van der Waals surface area contributed by atoms with Gasteiger partial charge in [-0.05, 0) is 24.3 Å². The molecule has 0 N–H and O–H groups in total. The number of rotatable bonds is 4. The lowest BCUT2D eigenvalue weighted by molar-refractivity contribution is 0.372. The smallest absolute Gasteiger partial charge is 0.237 e. The van der Waals surface area contributed by atoms with Gasteiger partial charge in [-0.2, -0.15) is 5.26 Å². The summed E-state index contributed by atoms with van der Waals surface area (Å²) in [5, 5.41) is 16.7. The number of sulfonamides is 1. The third-order valence-corrected chi connectivity index (χ3v) is 4.21. The Labute approximate surface area is 135 Å². The third-order valence-electron chi connectivity index (χ3n) is 3.07. The highest BCUT2D eigenvalue weighted by atomic mass is 32.2. The molecule has 122 valence electrons. The quantitative estimate of drug-likeness (QED) is 0.849. The lowest BCUT2D eigenvalue weighted by atomic mass is 9.97. The van der Waals surface area contributed by atoms with E-state index >= 15 is 0 Å². The first-order valence-electron chi connectivity index (χ1n) is 6.92. The minimum Gasteiger partial charge on any atom is -0.423 e. The molecule has 1 aromatic heterocycles. The van der Waals surface area contributed by atoms with Gasteiger partial charge in [0.1, 0.15) is 6.54 Å². The van der Waals surface area contributed by atoms with Gasteiger partial charge in [-0.3, -0.25) is 4.31 Å². The summed E-state index contributed by atoms with van der Waals surface area (Å²) in [6, 6.07) is 8.25. The van der Waals surface area contributed by atoms with Gasteiger partial charge in [0.2, 0.25) is 21.8 Å². The fourth-order valence-corrected chi connectivity index (χ4v) is 2.70. The number of anilines is 1. The predicted molar refractivity (Wildman–Crippen MR) is 85.2 cm³/mol. The van der Waals surface area contributed by atoms with Crippen molar-refractivity contribution >= 4 is 15.7 Å². The van der Waals surface area contributed by atoms with Gasteiger partial charge in [-0.1, -0.05) is 20.8 Å². The monoisotopic (exact) mass is 334 g/mol. The van der Waals surface area contributed by atoms with E-state index < -0.39 is 10.0 Å². The molecule has 1 heterocycles. The second-order valence-electron chi connectivity index (χ2n) is 6.18. The molecule has 0 fully saturated rings. The molecule has 0 saturated carbocycles. The molecule has 0 spiro atoms. The number of nitriles is 1. The van der Waals surface area contributed by atoms with Gasteiger partial charge < -0.3 is 4.42 Å². The molecule has 0 saturated heterocycles. The van der Waals surface area contributed by atoms with Gasteiger partial charge in [-0.25, -0.2) is 8.42 Å². The van der Waals surface area contributed by atoms with Crippen LogP contribution in [0.15, 0.2) is 28.7 Å². The molecule has 0 bridgehead atoms. The van der Waals surface area contributed by atoms with Crippen LogP contribution < -0.4 is 4.31 Å². The molecule has 0 unspecified atom stereocenters. The van der Waals surface area contributed by atoms with Crippen molar-refractivity contribution in [2.24, 2.45) is 0 Å². The van der Waals surface area contributed by atoms with Crippen molar-refractivity contribution in [3.8, 4) is 6.07 Å². The van der Waals surface area contributed by atoms with E-state index in [1.807, 2.05) is 26.8 Å². The van der Waals surface area contributed by atoms with Gasteiger partial charge >= 0.3 is 0 Å². The molecular formula is C15H18N4O3S. The molecule has 0 amide bonds. The largest absolute Gasteiger partial charge is 0.423 e. The van der Waals surface area contributed by atoms with E-state index in [1.165, 1.54) is 0 Å². The lowest BCUT2D eigenvalue weighted by Gasteiger charge is -2.20. The van der Waals surface area contributed by atoms with E-state index in [9.17, 15) is 8.42 Å². The van der Waals surface area contributed by atoms with Gasteiger partial charge in [0.15, 0.2) is 0 Å². The summed E-state index contributed by atoms with van der Waals surface area (Å²) < 4.78 is 30.9. The van der Waals surface area contributed by atoms with Crippen LogP contribution in [-0.2, 0) is 22.0 Å². The zero-order chi connectivity index (χ0) is 17.3. The van der Waals surface area contributed by atoms with Gasteiger partial charge in [0, 0.05) is 5.41 Å². The molecule has 7 nitrogen and oxygen atoms in total. The Morgan fingerprint density at radius 2 is 1.83 bits per heavy atom. The fourth-order valence-electron chi connectivity index (χ4n) is 1.85. The Hall–Kier alpha value is -2.40. The summed E-state index contributed by atoms with van der Waals surface area (Å²) >= 11 is 0. The van der Waals surface area contributed by atoms with Crippen molar-refractivity contribution in [3.63, 3.8) is 0 Å². The summed E-state index contributed by atoms with van der Waals surface area (Å²) in [5.74, 6) is 0.658. The average Bonchev–Trinajstić information content (AvgIpc) is 2.92. The van der Waals surface area contributed by atoms with Crippen molar-refractivity contribution in [3.05, 3.63) is 41.6 Å². The van der Waals surface area contributed by atoms with Crippen LogP contribution in [0.1, 0.15) is 38.1 Å². The fraction of sp³-hybridized carbons (Fsp3) is 0.400. The maximum atomic E-state index is 12.1. The Bertz CT molecular complexity index is 827. The van der Waals surface area contributed by atoms with Crippen molar-refractivity contribution < 1.29 is 12.8 Å². The number of nitrogens with zero attached hydrogens (tertiary/aromatic N) is 4. The maximum Gasteiger partial charge on any atom is 0.237 e. The molecule has 0 radical (unpaired) electrons. The SMILES string of the molecule is CC(C)(C)c1nnc(CN(c2ccc(C#N)cc2)S(C)(=O)=O)o1. The second kappa shape index (κ2) is 6.01. The standard InChI is InChI=1S/C15H18N4O3S/c1-15(2,3)14-18-17-13(22-14)10-19(23(4,20)21)12-7-5-11(9-16)6-8-12/h5-8H,10H2,1-4H3. The summed E-state index contributed by atoms with van der Waals surface area (Å²) in [6.45, 7) is 5.73. The predicted octanol–water partition coefficient (Wildman–Crippen LogP) is 2.20. The Kier molecular flexibility index (Phi) is 4.43. The van der Waals surface area contributed by atoms with E-state index in [1.54, 1.807) is 24.3 Å². The van der Waals surface area contributed by atoms with Crippen molar-refractivity contribution in [1.29, 1.82) is 5.26 Å². The van der Waals surface area contributed by atoms with E-state index in [0.29, 0.717) is 17.1 Å². The van der Waals surface area contributed by atoms with E-state index in [4.69, 9.17) is 9.68 Å². The van der Waals surface area contributed by atoms with Crippen molar-refractivity contribution in [2.45, 2.75) is 32.7 Å². The third kappa shape index (κ3) is 4.07. The van der Waals surface area contributed by atoms with Crippen LogP contribution >= 0.6 is 0 Å². The first-order valence-corrected chi connectivity index (χ1v) is 8.77. The first kappa shape index (κ1) is 17.0. The van der Waals surface area contributed by atoms with Crippen LogP contribution in [0.4, 0.5) is 5.69 Å². The molecule has 0 aliphatic rings. The molecule has 8 heteroatoms. The molecule has 0 aliphatic heterocycles. The van der Waals surface area contributed by atoms with E-state index in [2.05, 4.69) is 10.2 Å². The zero-order valence-electron chi connectivity index (χ0n) is 13.4. The van der Waals surface area contributed by atoms with Crippen molar-refractivity contribution in [1.82, 2.24) is 10.2 Å². The van der Waals surface area contributed by atoms with Gasteiger partial charge in [0.05, 0.1) is 23.6 Å². The van der Waals surface area contributed by atoms with Crippen molar-refractivity contribution in [2.75, 3.05) is 10.6 Å². The molecule has 0 atom stereocenters. The molecule has 23 heavy (non-hydrogen) atoms. The minimum atomic E-state index is -3.54. The van der Waals surface area contributed by atoms with Crippen LogP contribution in [0, 0.1) is 11.3 Å². The van der Waals surface area contributed by atoms with E-state index in [0.717, 1.165) is 10.6 Å². The normalized spacial score (nSPS) is 12.0. The molecule has 0 aliphatic carbocycles. The van der Waals surface area contributed by atoms with Crippen LogP contribution in [0.2, 0.25) is 0 Å². The van der Waals surface area contributed by atoms with Crippen LogP contribution in [0.5, 0.6) is 0 Å². The second-order valence-corrected chi connectivity index (χ2v) is 8.09. The van der Waals surface area contributed by atoms with Crippen LogP contribution in [0.3, 0.4) is 0 Å². The summed E-state index contributed by atoms with van der Waals surface area (Å²) in [5.41, 5.74) is 0.576. The molecule has 2 rings (SSSR count). The summed E-state index contributed by atoms with van der Waals surface area (Å²) in [6.07, 6.45) is 1.10. The minimum absolute atomic E-state index is 0.0617. The zero-order valence-corrected chi connectivity index (χ0v) is 14.3. The Morgan fingerprint density at radius 1 is 1.22 bits per heavy atom. The number of aromatic nitrogens is 2. The van der Waals surface area contributed by atoms with E-state index in [-0.39, 0.29) is 17.9 Å². The number of hydrogen-bond donors (Lipinski definition) is 0. The molecule has 1 aromatic carbocycles. The van der Waals surface area contributed by atoms with Gasteiger partial charge in [-0.15, -0.1) is 10.2 Å². The highest BCUT2D eigenvalue weighted by Gasteiger charge is 2.24. The van der Waals surface area contributed by atoms with Crippen LogP contribution in [-0.4, -0.2) is 24.9 Å². The highest BCUT2D eigenvalue weighted by Crippen LogP contribution is 2.24. The topological polar surface area (TPSA) is 100 Å². The lowest BCUT2D eigenvalue weighted by Crippen LogP contribution is -2.29. The Balaban J connectivity index is 2.33. The molecule has 2 aromatic rings. The summed E-state index contributed by atoms with van der Waals surface area (Å²) in [4.78, 5) is 0. The number of benzene rings is 1. The maximum absolute atomic E-state index is 12.1. The highest BCUT2D eigenvalue weighted by molar-refractivity contribution is 7.92. The van der Waals surface area contributed by atoms with Gasteiger partial charge in [0.25, 0.3) is 0 Å². The summed E-state index contributed by atoms with van der Waals surface area (Å²) in [7, 11) is -3.54. The number of hydrogen-bond acceptors (Lipinski definition) is 6. The molecular weight excluding hydrogens is 316 g/mol. The van der Waals surface area contributed by atoms with Crippen LogP contribution in [0.25, 0.3) is 0 Å². The Morgan fingerprint density at radius 3 is 2.26 bits per heavy atom. The first-order chi connectivity index (χ1) is 10.6.